The molecule has 1 aliphatic rings. The molecule has 2 N–H and O–H groups in total. The SMILES string of the molecule is CCc1cc(CNC2(CO)CCCC(C)C2)n(C)n1. The van der Waals surface area contributed by atoms with E-state index < -0.39 is 0 Å². The van der Waals surface area contributed by atoms with Crippen molar-refractivity contribution in [2.24, 2.45) is 13.0 Å². The van der Waals surface area contributed by atoms with Crippen molar-refractivity contribution in [2.75, 3.05) is 6.61 Å². The number of hydrogen-bond acceptors (Lipinski definition) is 3. The first-order chi connectivity index (χ1) is 9.08. The molecule has 0 saturated heterocycles. The Kier molecular flexibility index (Phi) is 4.63. The van der Waals surface area contributed by atoms with Crippen molar-refractivity contribution in [1.82, 2.24) is 15.1 Å². The Morgan fingerprint density at radius 1 is 1.58 bits per heavy atom. The van der Waals surface area contributed by atoms with Gasteiger partial charge in [0.15, 0.2) is 0 Å². The van der Waals surface area contributed by atoms with E-state index in [1.54, 1.807) is 0 Å². The smallest absolute Gasteiger partial charge is 0.0625 e. The highest BCUT2D eigenvalue weighted by molar-refractivity contribution is 5.10. The summed E-state index contributed by atoms with van der Waals surface area (Å²) in [4.78, 5) is 0. The number of aliphatic hydroxyl groups excluding tert-OH is 1. The number of nitrogens with zero attached hydrogens (tertiary/aromatic N) is 2. The van der Waals surface area contributed by atoms with Gasteiger partial charge in [-0.05, 0) is 31.2 Å². The second kappa shape index (κ2) is 6.06. The summed E-state index contributed by atoms with van der Waals surface area (Å²) in [5.41, 5.74) is 2.24. The van der Waals surface area contributed by atoms with Crippen LogP contribution in [-0.4, -0.2) is 27.0 Å². The van der Waals surface area contributed by atoms with Gasteiger partial charge in [-0.25, -0.2) is 0 Å². The van der Waals surface area contributed by atoms with Gasteiger partial charge in [0.25, 0.3) is 0 Å². The second-order valence-electron chi connectivity index (χ2n) is 6.10. The van der Waals surface area contributed by atoms with Crippen LogP contribution < -0.4 is 5.32 Å². The van der Waals surface area contributed by atoms with Gasteiger partial charge in [0.05, 0.1) is 18.0 Å². The van der Waals surface area contributed by atoms with E-state index in [9.17, 15) is 5.11 Å². The molecule has 1 aliphatic carbocycles. The van der Waals surface area contributed by atoms with E-state index in [4.69, 9.17) is 0 Å². The van der Waals surface area contributed by atoms with Gasteiger partial charge < -0.3 is 10.4 Å². The van der Waals surface area contributed by atoms with Crippen molar-refractivity contribution < 1.29 is 5.11 Å². The van der Waals surface area contributed by atoms with Gasteiger partial charge in [0.1, 0.15) is 0 Å². The summed E-state index contributed by atoms with van der Waals surface area (Å²) < 4.78 is 1.95. The Balaban J connectivity index is 2.00. The van der Waals surface area contributed by atoms with Crippen LogP contribution in [0.1, 0.15) is 50.9 Å². The molecular formula is C15H27N3O. The molecule has 1 saturated carbocycles. The highest BCUT2D eigenvalue weighted by Crippen LogP contribution is 2.32. The lowest BCUT2D eigenvalue weighted by Gasteiger charge is -2.39. The lowest BCUT2D eigenvalue weighted by Crippen LogP contribution is -2.51. The predicted octanol–water partition coefficient (Wildman–Crippen LogP) is 2.01. The standard InChI is InChI=1S/C15H27N3O/c1-4-13-8-14(18(3)17-13)10-16-15(11-19)7-5-6-12(2)9-15/h8,12,16,19H,4-7,9-11H2,1-3H3. The number of rotatable bonds is 5. The monoisotopic (exact) mass is 265 g/mol. The van der Waals surface area contributed by atoms with E-state index in [1.165, 1.54) is 18.5 Å². The third-order valence-corrected chi connectivity index (χ3v) is 4.43. The first-order valence-electron chi connectivity index (χ1n) is 7.46. The first kappa shape index (κ1) is 14.5. The zero-order valence-corrected chi connectivity index (χ0v) is 12.4. The lowest BCUT2D eigenvalue weighted by atomic mass is 9.77. The Morgan fingerprint density at radius 3 is 2.95 bits per heavy atom. The molecule has 108 valence electrons. The minimum atomic E-state index is -0.0890. The molecule has 2 rings (SSSR count). The second-order valence-corrected chi connectivity index (χ2v) is 6.10. The van der Waals surface area contributed by atoms with Crippen LogP contribution >= 0.6 is 0 Å². The minimum Gasteiger partial charge on any atom is -0.394 e. The summed E-state index contributed by atoms with van der Waals surface area (Å²) in [6, 6.07) is 2.16. The van der Waals surface area contributed by atoms with Gasteiger partial charge in [0, 0.05) is 19.1 Å². The molecule has 0 aliphatic heterocycles. The highest BCUT2D eigenvalue weighted by atomic mass is 16.3. The number of aliphatic hydroxyl groups is 1. The van der Waals surface area contributed by atoms with Gasteiger partial charge >= 0.3 is 0 Å². The molecule has 0 radical (unpaired) electrons. The van der Waals surface area contributed by atoms with Crippen LogP contribution in [0.25, 0.3) is 0 Å². The summed E-state index contributed by atoms with van der Waals surface area (Å²) in [6.45, 7) is 5.43. The zero-order chi connectivity index (χ0) is 13.9. The van der Waals surface area contributed by atoms with Crippen LogP contribution in [-0.2, 0) is 20.0 Å². The molecule has 19 heavy (non-hydrogen) atoms. The van der Waals surface area contributed by atoms with Crippen LogP contribution in [0.3, 0.4) is 0 Å². The molecule has 1 heterocycles. The van der Waals surface area contributed by atoms with E-state index in [0.29, 0.717) is 5.92 Å². The van der Waals surface area contributed by atoms with Crippen molar-refractivity contribution in [1.29, 1.82) is 0 Å². The van der Waals surface area contributed by atoms with Crippen LogP contribution in [0.5, 0.6) is 0 Å². The Labute approximate surface area is 116 Å². The average molecular weight is 265 g/mol. The molecule has 0 aromatic carbocycles. The predicted molar refractivity (Wildman–Crippen MR) is 76.9 cm³/mol. The minimum absolute atomic E-state index is 0.0890. The van der Waals surface area contributed by atoms with Crippen molar-refractivity contribution in [3.63, 3.8) is 0 Å². The fourth-order valence-corrected chi connectivity index (χ4v) is 3.21. The largest absolute Gasteiger partial charge is 0.394 e. The molecule has 1 fully saturated rings. The number of nitrogens with one attached hydrogen (secondary N) is 1. The van der Waals surface area contributed by atoms with E-state index in [-0.39, 0.29) is 12.1 Å². The number of aryl methyl sites for hydroxylation is 2. The number of aromatic nitrogens is 2. The van der Waals surface area contributed by atoms with E-state index >= 15 is 0 Å². The van der Waals surface area contributed by atoms with Gasteiger partial charge in [-0.15, -0.1) is 0 Å². The third-order valence-electron chi connectivity index (χ3n) is 4.43. The maximum absolute atomic E-state index is 9.77. The molecule has 4 nitrogen and oxygen atoms in total. The normalized spacial score (nSPS) is 27.7. The summed E-state index contributed by atoms with van der Waals surface area (Å²) in [7, 11) is 1.99. The quantitative estimate of drug-likeness (QED) is 0.856. The Bertz CT molecular complexity index is 416. The van der Waals surface area contributed by atoms with Gasteiger partial charge in [-0.1, -0.05) is 26.7 Å². The van der Waals surface area contributed by atoms with Gasteiger partial charge in [-0.2, -0.15) is 5.10 Å². The maximum Gasteiger partial charge on any atom is 0.0625 e. The Hall–Kier alpha value is -0.870. The third kappa shape index (κ3) is 3.37. The van der Waals surface area contributed by atoms with Crippen molar-refractivity contribution in [3.8, 4) is 0 Å². The van der Waals surface area contributed by atoms with E-state index in [1.807, 2.05) is 11.7 Å². The first-order valence-corrected chi connectivity index (χ1v) is 7.46. The van der Waals surface area contributed by atoms with Crippen molar-refractivity contribution in [2.45, 2.75) is 58.0 Å². The van der Waals surface area contributed by atoms with E-state index in [0.717, 1.165) is 31.5 Å². The van der Waals surface area contributed by atoms with Crippen LogP contribution in [0.15, 0.2) is 6.07 Å². The van der Waals surface area contributed by atoms with E-state index in [2.05, 4.69) is 30.3 Å². The lowest BCUT2D eigenvalue weighted by molar-refractivity contribution is 0.0976. The van der Waals surface area contributed by atoms with Crippen LogP contribution in [0.2, 0.25) is 0 Å². The number of hydrogen-bond donors (Lipinski definition) is 2. The van der Waals surface area contributed by atoms with Crippen molar-refractivity contribution >= 4 is 0 Å². The summed E-state index contributed by atoms with van der Waals surface area (Å²) >= 11 is 0. The molecule has 0 spiro atoms. The van der Waals surface area contributed by atoms with Crippen LogP contribution in [0.4, 0.5) is 0 Å². The molecule has 2 unspecified atom stereocenters. The molecule has 0 bridgehead atoms. The molecular weight excluding hydrogens is 238 g/mol. The molecule has 4 heteroatoms. The Morgan fingerprint density at radius 2 is 2.37 bits per heavy atom. The summed E-state index contributed by atoms with van der Waals surface area (Å²) in [5.74, 6) is 0.700. The fourth-order valence-electron chi connectivity index (χ4n) is 3.21. The molecule has 0 amide bonds. The molecule has 1 aromatic heterocycles. The van der Waals surface area contributed by atoms with Gasteiger partial charge in [-0.3, -0.25) is 4.68 Å². The zero-order valence-electron chi connectivity index (χ0n) is 12.4. The van der Waals surface area contributed by atoms with Crippen molar-refractivity contribution in [3.05, 3.63) is 17.5 Å². The average Bonchev–Trinajstić information content (AvgIpc) is 2.77. The highest BCUT2D eigenvalue weighted by Gasteiger charge is 2.33. The molecule has 1 aromatic rings. The van der Waals surface area contributed by atoms with Gasteiger partial charge in [0.2, 0.25) is 0 Å². The molecule has 2 atom stereocenters. The fraction of sp³-hybridized carbons (Fsp3) is 0.800. The summed E-state index contributed by atoms with van der Waals surface area (Å²) in [5, 5.41) is 17.8. The van der Waals surface area contributed by atoms with Crippen LogP contribution in [0, 0.1) is 5.92 Å². The maximum atomic E-state index is 9.77. The summed E-state index contributed by atoms with van der Waals surface area (Å²) in [6.07, 6.45) is 5.61. The topological polar surface area (TPSA) is 50.1 Å².